The van der Waals surface area contributed by atoms with Gasteiger partial charge < -0.3 is 16.0 Å². The summed E-state index contributed by atoms with van der Waals surface area (Å²) in [6.07, 6.45) is 5.89. The molecule has 0 unspecified atom stereocenters. The molecule has 1 saturated heterocycles. The molecule has 2 amide bonds. The molecule has 2 heterocycles. The first-order valence-corrected chi connectivity index (χ1v) is 9.09. The Kier molecular flexibility index (Phi) is 5.09. The maximum absolute atomic E-state index is 12.4. The third-order valence-corrected chi connectivity index (χ3v) is 5.53. The summed E-state index contributed by atoms with van der Waals surface area (Å²) in [6, 6.07) is 0. The molecule has 8 heteroatoms. The van der Waals surface area contributed by atoms with E-state index in [-0.39, 0.29) is 17.7 Å². The first-order chi connectivity index (χ1) is 11.1. The first-order valence-electron chi connectivity index (χ1n) is 8.28. The fourth-order valence-corrected chi connectivity index (χ4v) is 3.99. The molecule has 3 rings (SSSR count). The third-order valence-electron chi connectivity index (χ3n) is 4.78. The van der Waals surface area contributed by atoms with E-state index in [1.807, 2.05) is 4.90 Å². The van der Waals surface area contributed by atoms with Gasteiger partial charge in [-0.2, -0.15) is 0 Å². The Morgan fingerprint density at radius 1 is 1.13 bits per heavy atom. The van der Waals surface area contributed by atoms with E-state index >= 15 is 0 Å². The van der Waals surface area contributed by atoms with Gasteiger partial charge in [-0.15, -0.1) is 10.2 Å². The van der Waals surface area contributed by atoms with Crippen molar-refractivity contribution < 1.29 is 9.59 Å². The van der Waals surface area contributed by atoms with Crippen LogP contribution in [0.5, 0.6) is 0 Å². The van der Waals surface area contributed by atoms with Crippen LogP contribution < -0.4 is 11.1 Å². The summed E-state index contributed by atoms with van der Waals surface area (Å²) in [5.74, 6) is 0.536. The number of nitrogens with zero attached hydrogens (tertiary/aromatic N) is 3. The van der Waals surface area contributed by atoms with Crippen LogP contribution in [0.25, 0.3) is 0 Å². The van der Waals surface area contributed by atoms with Gasteiger partial charge >= 0.3 is 0 Å². The minimum absolute atomic E-state index is 0.0205. The number of hydrogen-bond donors (Lipinski definition) is 2. The van der Waals surface area contributed by atoms with E-state index in [1.165, 1.54) is 24.2 Å². The lowest BCUT2D eigenvalue weighted by molar-refractivity contribution is -0.139. The summed E-state index contributed by atoms with van der Waals surface area (Å²) in [7, 11) is 0. The summed E-state index contributed by atoms with van der Waals surface area (Å²) in [5, 5.41) is 11.6. The predicted octanol–water partition coefficient (Wildman–Crippen LogP) is 1.17. The summed E-state index contributed by atoms with van der Waals surface area (Å²) in [6.45, 7) is 1.76. The molecular formula is C15H23N5O2S. The van der Waals surface area contributed by atoms with E-state index in [9.17, 15) is 9.59 Å². The van der Waals surface area contributed by atoms with Gasteiger partial charge in [-0.05, 0) is 25.7 Å². The maximum Gasteiger partial charge on any atom is 0.225 e. The number of piperidine rings is 1. The van der Waals surface area contributed by atoms with Gasteiger partial charge in [0.15, 0.2) is 0 Å². The summed E-state index contributed by atoms with van der Waals surface area (Å²) in [5.41, 5.74) is 5.52. The number of amides is 2. The van der Waals surface area contributed by atoms with Crippen molar-refractivity contribution in [2.45, 2.75) is 45.1 Å². The molecular weight excluding hydrogens is 314 g/mol. The highest BCUT2D eigenvalue weighted by molar-refractivity contribution is 7.15. The molecule has 1 aliphatic heterocycles. The Labute approximate surface area is 139 Å². The number of nitrogen functional groups attached to an aromatic ring is 1. The lowest BCUT2D eigenvalue weighted by Gasteiger charge is -2.33. The summed E-state index contributed by atoms with van der Waals surface area (Å²) < 4.78 is 0. The zero-order chi connectivity index (χ0) is 16.2. The standard InChI is InChI=1S/C15H23N5O2S/c16-15-19-18-12(23-15)9-17-13(21)10-5-7-20(8-6-10)14(22)11-3-1-2-4-11/h10-11H,1-9H2,(H2,16,19)(H,17,21). The molecule has 126 valence electrons. The second-order valence-electron chi connectivity index (χ2n) is 6.33. The highest BCUT2D eigenvalue weighted by atomic mass is 32.1. The molecule has 1 aromatic heterocycles. The van der Waals surface area contributed by atoms with Crippen LogP contribution in [-0.4, -0.2) is 40.0 Å². The van der Waals surface area contributed by atoms with Crippen molar-refractivity contribution in [1.82, 2.24) is 20.4 Å². The van der Waals surface area contributed by atoms with Crippen molar-refractivity contribution >= 4 is 28.3 Å². The van der Waals surface area contributed by atoms with Gasteiger partial charge in [-0.25, -0.2) is 0 Å². The van der Waals surface area contributed by atoms with Gasteiger partial charge in [0.25, 0.3) is 0 Å². The number of aromatic nitrogens is 2. The van der Waals surface area contributed by atoms with Crippen molar-refractivity contribution in [3.05, 3.63) is 5.01 Å². The topological polar surface area (TPSA) is 101 Å². The van der Waals surface area contributed by atoms with Crippen molar-refractivity contribution in [3.63, 3.8) is 0 Å². The molecule has 23 heavy (non-hydrogen) atoms. The number of hydrogen-bond acceptors (Lipinski definition) is 6. The van der Waals surface area contributed by atoms with Crippen LogP contribution in [0, 0.1) is 11.8 Å². The van der Waals surface area contributed by atoms with E-state index in [0.717, 1.165) is 25.7 Å². The van der Waals surface area contributed by atoms with E-state index in [0.29, 0.717) is 35.7 Å². The van der Waals surface area contributed by atoms with Crippen molar-refractivity contribution in [2.24, 2.45) is 11.8 Å². The Morgan fingerprint density at radius 3 is 2.43 bits per heavy atom. The van der Waals surface area contributed by atoms with Crippen LogP contribution in [0.15, 0.2) is 0 Å². The van der Waals surface area contributed by atoms with E-state index in [1.54, 1.807) is 0 Å². The number of anilines is 1. The SMILES string of the molecule is Nc1nnc(CNC(=O)C2CCN(C(=O)C3CCCC3)CC2)s1. The Morgan fingerprint density at radius 2 is 1.83 bits per heavy atom. The van der Waals surface area contributed by atoms with Gasteiger partial charge in [-0.3, -0.25) is 9.59 Å². The zero-order valence-corrected chi connectivity index (χ0v) is 14.0. The molecule has 1 saturated carbocycles. The van der Waals surface area contributed by atoms with Crippen LogP contribution >= 0.6 is 11.3 Å². The fourth-order valence-electron chi connectivity index (χ4n) is 3.44. The van der Waals surface area contributed by atoms with Gasteiger partial charge in [0, 0.05) is 24.9 Å². The molecule has 0 spiro atoms. The van der Waals surface area contributed by atoms with Crippen LogP contribution in [0.3, 0.4) is 0 Å². The highest BCUT2D eigenvalue weighted by Crippen LogP contribution is 2.28. The van der Waals surface area contributed by atoms with Gasteiger partial charge in [0.1, 0.15) is 5.01 Å². The molecule has 0 atom stereocenters. The largest absolute Gasteiger partial charge is 0.374 e. The highest BCUT2D eigenvalue weighted by Gasteiger charge is 2.31. The molecule has 2 aliphatic rings. The van der Waals surface area contributed by atoms with Crippen molar-refractivity contribution in [2.75, 3.05) is 18.8 Å². The number of likely N-dealkylation sites (tertiary alicyclic amines) is 1. The van der Waals surface area contributed by atoms with Gasteiger partial charge in [-0.1, -0.05) is 24.2 Å². The third kappa shape index (κ3) is 3.99. The number of nitrogens with two attached hydrogens (primary N) is 1. The smallest absolute Gasteiger partial charge is 0.225 e. The minimum atomic E-state index is -0.0205. The second kappa shape index (κ2) is 7.25. The van der Waals surface area contributed by atoms with E-state index in [4.69, 9.17) is 5.73 Å². The zero-order valence-electron chi connectivity index (χ0n) is 13.2. The summed E-state index contributed by atoms with van der Waals surface area (Å²) in [4.78, 5) is 26.6. The molecule has 0 bridgehead atoms. The summed E-state index contributed by atoms with van der Waals surface area (Å²) >= 11 is 1.28. The fraction of sp³-hybridized carbons (Fsp3) is 0.733. The van der Waals surface area contributed by atoms with Crippen molar-refractivity contribution in [3.8, 4) is 0 Å². The average molecular weight is 337 g/mol. The molecule has 1 aromatic rings. The quantitative estimate of drug-likeness (QED) is 0.859. The molecule has 2 fully saturated rings. The van der Waals surface area contributed by atoms with Crippen LogP contribution in [0.2, 0.25) is 0 Å². The van der Waals surface area contributed by atoms with E-state index < -0.39 is 0 Å². The molecule has 7 nitrogen and oxygen atoms in total. The predicted molar refractivity (Wildman–Crippen MR) is 87.4 cm³/mol. The lowest BCUT2D eigenvalue weighted by atomic mass is 9.94. The maximum atomic E-state index is 12.4. The Bertz CT molecular complexity index is 562. The monoisotopic (exact) mass is 337 g/mol. The van der Waals surface area contributed by atoms with Crippen LogP contribution in [0.1, 0.15) is 43.5 Å². The number of carbonyl (C=O) groups is 2. The Hall–Kier alpha value is -1.70. The lowest BCUT2D eigenvalue weighted by Crippen LogP contribution is -2.44. The molecule has 3 N–H and O–H groups in total. The molecule has 1 aliphatic carbocycles. The van der Waals surface area contributed by atoms with E-state index in [2.05, 4.69) is 15.5 Å². The normalized spacial score (nSPS) is 19.9. The van der Waals surface area contributed by atoms with Gasteiger partial charge in [0.2, 0.25) is 16.9 Å². The first kappa shape index (κ1) is 16.2. The minimum Gasteiger partial charge on any atom is -0.374 e. The van der Waals surface area contributed by atoms with Crippen LogP contribution in [-0.2, 0) is 16.1 Å². The average Bonchev–Trinajstić information content (AvgIpc) is 3.24. The number of rotatable bonds is 4. The molecule has 0 aromatic carbocycles. The Balaban J connectivity index is 1.42. The van der Waals surface area contributed by atoms with Crippen LogP contribution in [0.4, 0.5) is 5.13 Å². The van der Waals surface area contributed by atoms with Gasteiger partial charge in [0.05, 0.1) is 6.54 Å². The molecule has 0 radical (unpaired) electrons. The second-order valence-corrected chi connectivity index (χ2v) is 7.43. The number of nitrogens with one attached hydrogen (secondary N) is 1. The van der Waals surface area contributed by atoms with Crippen molar-refractivity contribution in [1.29, 1.82) is 0 Å². The number of carbonyl (C=O) groups excluding carboxylic acids is 2.